The van der Waals surface area contributed by atoms with Gasteiger partial charge in [0.1, 0.15) is 5.69 Å². The molecule has 3 rings (SSSR count). The Balaban J connectivity index is 1.71. The van der Waals surface area contributed by atoms with E-state index in [0.717, 1.165) is 11.1 Å². The molecule has 0 aliphatic carbocycles. The molecule has 7 nitrogen and oxygen atoms in total. The first-order valence-electron chi connectivity index (χ1n) is 10.2. The second-order valence-electron chi connectivity index (χ2n) is 7.45. The Morgan fingerprint density at radius 2 is 1.91 bits per heavy atom. The maximum Gasteiger partial charge on any atom is 0.254 e. The third-order valence-corrected chi connectivity index (χ3v) is 5.35. The Kier molecular flexibility index (Phi) is 7.92. The van der Waals surface area contributed by atoms with Gasteiger partial charge in [0, 0.05) is 36.1 Å². The first kappa shape index (κ1) is 23.4. The van der Waals surface area contributed by atoms with Crippen molar-refractivity contribution in [3.05, 3.63) is 98.2 Å². The normalized spacial score (nSPS) is 10.7. The summed E-state index contributed by atoms with van der Waals surface area (Å²) in [6.45, 7) is 2.58. The number of Topliss-reactive ketones (excluding diaryl/α,β-unsaturated/α-hetero) is 1. The van der Waals surface area contributed by atoms with Gasteiger partial charge in [-0.05, 0) is 61.0 Å². The summed E-state index contributed by atoms with van der Waals surface area (Å²) in [6, 6.07) is 12.3. The fourth-order valence-corrected chi connectivity index (χ4v) is 3.55. The molecule has 2 aromatic heterocycles. The molecule has 0 aliphatic rings. The van der Waals surface area contributed by atoms with E-state index < -0.39 is 0 Å². The Bertz CT molecular complexity index is 1180. The van der Waals surface area contributed by atoms with Crippen LogP contribution in [0.25, 0.3) is 0 Å². The summed E-state index contributed by atoms with van der Waals surface area (Å²) in [5.74, 6) is -0.556. The number of aromatic nitrogens is 2. The number of carbonyl (C=O) groups is 2. The summed E-state index contributed by atoms with van der Waals surface area (Å²) in [5.41, 5.74) is 2.93. The second-order valence-corrected chi connectivity index (χ2v) is 7.88. The van der Waals surface area contributed by atoms with E-state index in [-0.39, 0.29) is 35.9 Å². The molecule has 0 atom stereocenters. The number of aryl methyl sites for hydroxylation is 1. The van der Waals surface area contributed by atoms with Gasteiger partial charge in [-0.3, -0.25) is 19.4 Å². The van der Waals surface area contributed by atoms with Gasteiger partial charge in [-0.1, -0.05) is 23.7 Å². The van der Waals surface area contributed by atoms with Gasteiger partial charge in [0.15, 0.2) is 0 Å². The largest absolute Gasteiger partial charge is 0.352 e. The number of ketones is 1. The minimum atomic E-state index is -0.358. The van der Waals surface area contributed by atoms with Crippen molar-refractivity contribution in [3.63, 3.8) is 0 Å². The van der Waals surface area contributed by atoms with Crippen molar-refractivity contribution in [3.8, 4) is 0 Å². The van der Waals surface area contributed by atoms with E-state index in [1.165, 1.54) is 10.8 Å². The zero-order valence-corrected chi connectivity index (χ0v) is 18.8. The lowest BCUT2D eigenvalue weighted by Gasteiger charge is -2.13. The van der Waals surface area contributed by atoms with E-state index in [4.69, 9.17) is 11.6 Å². The molecule has 0 bridgehead atoms. The van der Waals surface area contributed by atoms with E-state index in [1.54, 1.807) is 37.4 Å². The van der Waals surface area contributed by atoms with Gasteiger partial charge < -0.3 is 15.2 Å². The smallest absolute Gasteiger partial charge is 0.254 e. The molecule has 2 heterocycles. The van der Waals surface area contributed by atoms with Crippen LogP contribution in [-0.4, -0.2) is 28.3 Å². The molecule has 0 unspecified atom stereocenters. The van der Waals surface area contributed by atoms with Gasteiger partial charge in [0.25, 0.3) is 5.56 Å². The lowest BCUT2D eigenvalue weighted by molar-refractivity contribution is -0.120. The molecule has 0 aliphatic heterocycles. The van der Waals surface area contributed by atoms with Crippen molar-refractivity contribution >= 4 is 23.3 Å². The fraction of sp³-hybridized carbons (Fsp3) is 0.250. The van der Waals surface area contributed by atoms with Crippen LogP contribution in [0.2, 0.25) is 5.02 Å². The second kappa shape index (κ2) is 10.8. The zero-order valence-electron chi connectivity index (χ0n) is 18.0. The average molecular weight is 453 g/mol. The van der Waals surface area contributed by atoms with Gasteiger partial charge in [0.2, 0.25) is 11.7 Å². The molecule has 0 saturated carbocycles. The highest BCUT2D eigenvalue weighted by atomic mass is 35.5. The number of carbonyl (C=O) groups excluding carboxylic acids is 2. The molecule has 1 aromatic carbocycles. The van der Waals surface area contributed by atoms with Crippen molar-refractivity contribution in [2.24, 2.45) is 0 Å². The number of hydrogen-bond donors (Lipinski definition) is 2. The molecule has 1 amide bonds. The molecule has 0 fully saturated rings. The van der Waals surface area contributed by atoms with E-state index in [9.17, 15) is 14.4 Å². The van der Waals surface area contributed by atoms with E-state index in [0.29, 0.717) is 29.2 Å². The zero-order chi connectivity index (χ0) is 23.1. The molecule has 3 aromatic rings. The minimum absolute atomic E-state index is 0.0782. The van der Waals surface area contributed by atoms with Gasteiger partial charge in [-0.15, -0.1) is 0 Å². The highest BCUT2D eigenvalue weighted by Crippen LogP contribution is 2.16. The minimum Gasteiger partial charge on any atom is -0.352 e. The highest BCUT2D eigenvalue weighted by molar-refractivity contribution is 6.30. The molecule has 0 radical (unpaired) electrons. The van der Waals surface area contributed by atoms with E-state index >= 15 is 0 Å². The van der Waals surface area contributed by atoms with Crippen LogP contribution in [0.15, 0.2) is 59.7 Å². The van der Waals surface area contributed by atoms with Crippen LogP contribution in [0.1, 0.15) is 32.7 Å². The number of nitrogens with one attached hydrogen (secondary N) is 2. The molecular formula is C24H25ClN4O3. The van der Waals surface area contributed by atoms with E-state index in [1.807, 2.05) is 25.2 Å². The van der Waals surface area contributed by atoms with Crippen molar-refractivity contribution in [2.75, 3.05) is 7.05 Å². The van der Waals surface area contributed by atoms with Crippen LogP contribution in [0.5, 0.6) is 0 Å². The maximum atomic E-state index is 12.9. The Morgan fingerprint density at radius 3 is 2.62 bits per heavy atom. The molecule has 0 saturated heterocycles. The number of benzene rings is 1. The van der Waals surface area contributed by atoms with Crippen molar-refractivity contribution in [1.82, 2.24) is 20.2 Å². The SMILES string of the molecule is CNCc1ccc(Cl)cc1CNC(=O)Cc1c(C)ccn(CC(=O)c2ccccn2)c1=O. The predicted octanol–water partition coefficient (Wildman–Crippen LogP) is 2.67. The number of rotatable bonds is 9. The van der Waals surface area contributed by atoms with Crippen LogP contribution in [-0.2, 0) is 30.8 Å². The van der Waals surface area contributed by atoms with Crippen molar-refractivity contribution < 1.29 is 9.59 Å². The highest BCUT2D eigenvalue weighted by Gasteiger charge is 2.15. The van der Waals surface area contributed by atoms with Gasteiger partial charge in [0.05, 0.1) is 13.0 Å². The van der Waals surface area contributed by atoms with Gasteiger partial charge in [-0.2, -0.15) is 0 Å². The van der Waals surface area contributed by atoms with Crippen LogP contribution in [0, 0.1) is 6.92 Å². The third kappa shape index (κ3) is 5.90. The first-order chi connectivity index (χ1) is 15.4. The lowest BCUT2D eigenvalue weighted by atomic mass is 10.1. The Hall–Kier alpha value is -3.29. The van der Waals surface area contributed by atoms with Crippen LogP contribution in [0.3, 0.4) is 0 Å². The fourth-order valence-electron chi connectivity index (χ4n) is 3.35. The number of nitrogens with zero attached hydrogens (tertiary/aromatic N) is 2. The quantitative estimate of drug-likeness (QED) is 0.487. The molecular weight excluding hydrogens is 428 g/mol. The summed E-state index contributed by atoms with van der Waals surface area (Å²) in [4.78, 5) is 42.0. The number of halogens is 1. The molecule has 32 heavy (non-hydrogen) atoms. The van der Waals surface area contributed by atoms with Gasteiger partial charge in [-0.25, -0.2) is 0 Å². The van der Waals surface area contributed by atoms with Crippen LogP contribution >= 0.6 is 11.6 Å². The van der Waals surface area contributed by atoms with E-state index in [2.05, 4.69) is 15.6 Å². The van der Waals surface area contributed by atoms with Crippen LogP contribution < -0.4 is 16.2 Å². The number of hydrogen-bond acceptors (Lipinski definition) is 5. The summed E-state index contributed by atoms with van der Waals surface area (Å²) < 4.78 is 1.31. The Labute approximate surface area is 191 Å². The third-order valence-electron chi connectivity index (χ3n) is 5.11. The maximum absolute atomic E-state index is 12.9. The number of amides is 1. The molecule has 8 heteroatoms. The summed E-state index contributed by atoms with van der Waals surface area (Å²) in [5, 5.41) is 6.54. The van der Waals surface area contributed by atoms with Gasteiger partial charge >= 0.3 is 0 Å². The summed E-state index contributed by atoms with van der Waals surface area (Å²) >= 11 is 6.10. The Morgan fingerprint density at radius 1 is 1.09 bits per heavy atom. The predicted molar refractivity (Wildman–Crippen MR) is 124 cm³/mol. The standard InChI is InChI=1S/C24H25ClN4O3/c1-16-8-10-29(15-22(30)21-5-3-4-9-27-21)24(32)20(16)12-23(31)28-14-18-11-19(25)7-6-17(18)13-26-2/h3-11,26H,12-15H2,1-2H3,(H,28,31). The van der Waals surface area contributed by atoms with Crippen molar-refractivity contribution in [1.29, 1.82) is 0 Å². The average Bonchev–Trinajstić information content (AvgIpc) is 2.79. The summed E-state index contributed by atoms with van der Waals surface area (Å²) in [7, 11) is 1.85. The lowest BCUT2D eigenvalue weighted by Crippen LogP contribution is -2.32. The number of pyridine rings is 2. The first-order valence-corrected chi connectivity index (χ1v) is 10.6. The molecule has 0 spiro atoms. The summed E-state index contributed by atoms with van der Waals surface area (Å²) in [6.07, 6.45) is 3.02. The topological polar surface area (TPSA) is 93.1 Å². The molecule has 2 N–H and O–H groups in total. The monoisotopic (exact) mass is 452 g/mol. The van der Waals surface area contributed by atoms with Crippen molar-refractivity contribution in [2.45, 2.75) is 33.0 Å². The molecule has 166 valence electrons. The van der Waals surface area contributed by atoms with Crippen LogP contribution in [0.4, 0.5) is 0 Å².